The van der Waals surface area contributed by atoms with Gasteiger partial charge in [-0.25, -0.2) is 4.98 Å². The number of benzene rings is 1. The summed E-state index contributed by atoms with van der Waals surface area (Å²) in [6, 6.07) is 8.29. The van der Waals surface area contributed by atoms with Crippen LogP contribution in [0.25, 0.3) is 0 Å². The van der Waals surface area contributed by atoms with Crippen molar-refractivity contribution in [2.45, 2.75) is 6.92 Å². The minimum atomic E-state index is 0.602. The Kier molecular flexibility index (Phi) is 2.77. The van der Waals surface area contributed by atoms with Crippen molar-refractivity contribution >= 4 is 15.9 Å². The Labute approximate surface area is 96.8 Å². The molecule has 78 valence electrons. The molecule has 0 aliphatic rings. The quantitative estimate of drug-likeness (QED) is 0.834. The Balaban J connectivity index is 2.25. The van der Waals surface area contributed by atoms with E-state index in [9.17, 15) is 0 Å². The van der Waals surface area contributed by atoms with Crippen LogP contribution in [0.15, 0.2) is 34.9 Å². The molecule has 15 heavy (non-hydrogen) atoms. The number of imidazole rings is 1. The van der Waals surface area contributed by atoms with Crippen molar-refractivity contribution in [3.8, 4) is 11.8 Å². The lowest BCUT2D eigenvalue weighted by atomic mass is 10.3. The van der Waals surface area contributed by atoms with Crippen LogP contribution in [-0.2, 0) is 7.05 Å². The van der Waals surface area contributed by atoms with Crippen LogP contribution in [-0.4, -0.2) is 9.55 Å². The Morgan fingerprint density at radius 2 is 2.20 bits per heavy atom. The average molecular weight is 267 g/mol. The fourth-order valence-electron chi connectivity index (χ4n) is 1.32. The van der Waals surface area contributed by atoms with E-state index in [-0.39, 0.29) is 0 Å². The van der Waals surface area contributed by atoms with Gasteiger partial charge in [-0.3, -0.25) is 0 Å². The van der Waals surface area contributed by atoms with Crippen LogP contribution in [0.4, 0.5) is 0 Å². The molecule has 0 aliphatic heterocycles. The lowest BCUT2D eigenvalue weighted by molar-refractivity contribution is 0.424. The largest absolute Gasteiger partial charge is 0.425 e. The van der Waals surface area contributed by atoms with E-state index in [1.54, 1.807) is 0 Å². The van der Waals surface area contributed by atoms with Crippen molar-refractivity contribution in [3.05, 3.63) is 40.6 Å². The van der Waals surface area contributed by atoms with Crippen molar-refractivity contribution < 1.29 is 4.74 Å². The SMILES string of the molecule is Cc1cn(C)c(Oc2cccc(Br)c2)n1. The molecule has 0 amide bonds. The van der Waals surface area contributed by atoms with Crippen LogP contribution in [0.3, 0.4) is 0 Å². The van der Waals surface area contributed by atoms with Crippen molar-refractivity contribution in [1.29, 1.82) is 0 Å². The fraction of sp³-hybridized carbons (Fsp3) is 0.182. The zero-order valence-electron chi connectivity index (χ0n) is 8.57. The molecule has 1 aromatic carbocycles. The van der Waals surface area contributed by atoms with Crippen molar-refractivity contribution in [2.24, 2.45) is 7.05 Å². The van der Waals surface area contributed by atoms with Gasteiger partial charge in [-0.1, -0.05) is 22.0 Å². The van der Waals surface area contributed by atoms with Gasteiger partial charge in [-0.15, -0.1) is 0 Å². The summed E-state index contributed by atoms with van der Waals surface area (Å²) < 4.78 is 8.48. The van der Waals surface area contributed by atoms with E-state index < -0.39 is 0 Å². The second-order valence-electron chi connectivity index (χ2n) is 3.34. The van der Waals surface area contributed by atoms with Crippen LogP contribution in [0.5, 0.6) is 11.8 Å². The molecular formula is C11H11BrN2O. The summed E-state index contributed by atoms with van der Waals surface area (Å²) >= 11 is 3.39. The lowest BCUT2D eigenvalue weighted by Crippen LogP contribution is -1.93. The number of aromatic nitrogens is 2. The highest BCUT2D eigenvalue weighted by atomic mass is 79.9. The van der Waals surface area contributed by atoms with Crippen molar-refractivity contribution in [2.75, 3.05) is 0 Å². The van der Waals surface area contributed by atoms with Crippen molar-refractivity contribution in [3.63, 3.8) is 0 Å². The predicted molar refractivity (Wildman–Crippen MR) is 62.2 cm³/mol. The number of nitrogens with zero attached hydrogens (tertiary/aromatic N) is 2. The fourth-order valence-corrected chi connectivity index (χ4v) is 1.70. The van der Waals surface area contributed by atoms with E-state index in [1.165, 1.54) is 0 Å². The molecule has 0 spiro atoms. The number of aryl methyl sites for hydroxylation is 2. The Hall–Kier alpha value is -1.29. The molecule has 3 nitrogen and oxygen atoms in total. The maximum atomic E-state index is 5.63. The smallest absolute Gasteiger partial charge is 0.301 e. The lowest BCUT2D eigenvalue weighted by Gasteiger charge is -2.04. The average Bonchev–Trinajstić information content (AvgIpc) is 2.45. The van der Waals surface area contributed by atoms with Gasteiger partial charge in [0, 0.05) is 17.7 Å². The first-order chi connectivity index (χ1) is 7.15. The molecule has 0 unspecified atom stereocenters. The number of rotatable bonds is 2. The third kappa shape index (κ3) is 2.39. The zero-order valence-corrected chi connectivity index (χ0v) is 10.2. The highest BCUT2D eigenvalue weighted by Gasteiger charge is 2.04. The maximum Gasteiger partial charge on any atom is 0.301 e. The highest BCUT2D eigenvalue weighted by Crippen LogP contribution is 2.23. The molecule has 1 heterocycles. The molecule has 2 aromatic rings. The minimum absolute atomic E-state index is 0.602. The topological polar surface area (TPSA) is 27.1 Å². The molecule has 0 saturated carbocycles. The molecule has 1 aromatic heterocycles. The first-order valence-electron chi connectivity index (χ1n) is 4.58. The summed E-state index contributed by atoms with van der Waals surface area (Å²) in [5.41, 5.74) is 0.947. The molecule has 0 saturated heterocycles. The van der Waals surface area contributed by atoms with Gasteiger partial charge in [-0.05, 0) is 25.1 Å². The molecule has 2 rings (SSSR count). The molecule has 0 atom stereocenters. The number of hydrogen-bond acceptors (Lipinski definition) is 2. The first kappa shape index (κ1) is 10.2. The third-order valence-electron chi connectivity index (χ3n) is 1.96. The second kappa shape index (κ2) is 4.06. The summed E-state index contributed by atoms with van der Waals surface area (Å²) in [7, 11) is 1.91. The Morgan fingerprint density at radius 3 is 2.80 bits per heavy atom. The van der Waals surface area contributed by atoms with Crippen LogP contribution in [0.1, 0.15) is 5.69 Å². The van der Waals surface area contributed by atoms with Crippen LogP contribution in [0.2, 0.25) is 0 Å². The standard InChI is InChI=1S/C11H11BrN2O/c1-8-7-14(2)11(13-8)15-10-5-3-4-9(12)6-10/h3-7H,1-2H3. The zero-order chi connectivity index (χ0) is 10.8. The van der Waals surface area contributed by atoms with E-state index in [0.717, 1.165) is 15.9 Å². The summed E-state index contributed by atoms with van der Waals surface area (Å²) in [5.74, 6) is 0.776. The second-order valence-corrected chi connectivity index (χ2v) is 4.25. The van der Waals surface area contributed by atoms with Crippen LogP contribution in [0, 0.1) is 6.92 Å². The van der Waals surface area contributed by atoms with E-state index in [1.807, 2.05) is 49.0 Å². The van der Waals surface area contributed by atoms with E-state index in [4.69, 9.17) is 4.74 Å². The van der Waals surface area contributed by atoms with Gasteiger partial charge >= 0.3 is 6.01 Å². The molecule has 0 radical (unpaired) electrons. The maximum absolute atomic E-state index is 5.63. The van der Waals surface area contributed by atoms with Crippen molar-refractivity contribution in [1.82, 2.24) is 9.55 Å². The van der Waals surface area contributed by atoms with Gasteiger partial charge in [0.2, 0.25) is 0 Å². The normalized spacial score (nSPS) is 10.3. The molecule has 4 heteroatoms. The van der Waals surface area contributed by atoms with Gasteiger partial charge in [-0.2, -0.15) is 0 Å². The third-order valence-corrected chi connectivity index (χ3v) is 2.45. The predicted octanol–water partition coefficient (Wildman–Crippen LogP) is 3.28. The molecule has 0 bridgehead atoms. The van der Waals surface area contributed by atoms with Gasteiger partial charge in [0.25, 0.3) is 0 Å². The van der Waals surface area contributed by atoms with Gasteiger partial charge in [0.15, 0.2) is 0 Å². The van der Waals surface area contributed by atoms with Gasteiger partial charge in [0.05, 0.1) is 5.69 Å². The van der Waals surface area contributed by atoms with E-state index >= 15 is 0 Å². The van der Waals surface area contributed by atoms with Gasteiger partial charge in [0.1, 0.15) is 5.75 Å². The highest BCUT2D eigenvalue weighted by molar-refractivity contribution is 9.10. The van der Waals surface area contributed by atoms with Crippen LogP contribution >= 0.6 is 15.9 Å². The molecule has 0 aliphatic carbocycles. The Bertz CT molecular complexity index is 479. The minimum Gasteiger partial charge on any atom is -0.425 e. The van der Waals surface area contributed by atoms with E-state index in [0.29, 0.717) is 6.01 Å². The monoisotopic (exact) mass is 266 g/mol. The summed E-state index contributed by atoms with van der Waals surface area (Å²) in [6.45, 7) is 1.94. The first-order valence-corrected chi connectivity index (χ1v) is 5.38. The summed E-state index contributed by atoms with van der Waals surface area (Å²) in [5, 5.41) is 0. The summed E-state index contributed by atoms with van der Waals surface area (Å²) in [6.07, 6.45) is 1.92. The summed E-state index contributed by atoms with van der Waals surface area (Å²) in [4.78, 5) is 4.26. The van der Waals surface area contributed by atoms with Crippen LogP contribution < -0.4 is 4.74 Å². The number of ether oxygens (including phenoxy) is 1. The Morgan fingerprint density at radius 1 is 1.40 bits per heavy atom. The molecular weight excluding hydrogens is 256 g/mol. The number of halogens is 1. The van der Waals surface area contributed by atoms with Gasteiger partial charge < -0.3 is 9.30 Å². The molecule has 0 N–H and O–H groups in total. The van der Waals surface area contributed by atoms with E-state index in [2.05, 4.69) is 20.9 Å². The number of hydrogen-bond donors (Lipinski definition) is 0. The molecule has 0 fully saturated rings.